The third-order valence-electron chi connectivity index (χ3n) is 5.12. The van der Waals surface area contributed by atoms with Crippen molar-refractivity contribution in [3.63, 3.8) is 0 Å². The summed E-state index contributed by atoms with van der Waals surface area (Å²) in [4.78, 5) is 28.0. The van der Waals surface area contributed by atoms with Crippen LogP contribution in [-0.4, -0.2) is 62.8 Å². The van der Waals surface area contributed by atoms with Crippen molar-refractivity contribution in [1.29, 1.82) is 0 Å². The highest BCUT2D eigenvalue weighted by Gasteiger charge is 2.34. The zero-order valence-corrected chi connectivity index (χ0v) is 15.8. The Morgan fingerprint density at radius 2 is 1.77 bits per heavy atom. The van der Waals surface area contributed by atoms with E-state index in [0.717, 1.165) is 18.8 Å². The molecule has 0 bridgehead atoms. The van der Waals surface area contributed by atoms with Gasteiger partial charge in [-0.05, 0) is 49.9 Å². The summed E-state index contributed by atoms with van der Waals surface area (Å²) >= 11 is 0. The smallest absolute Gasteiger partial charge is 0.313 e. The number of nitrogens with one attached hydrogen (secondary N) is 1. The van der Waals surface area contributed by atoms with Crippen LogP contribution in [0, 0.1) is 0 Å². The molecular weight excluding hydrogens is 354 g/mol. The number of nitrogens with zero attached hydrogens (tertiary/aromatic N) is 2. The molecule has 0 aromatic heterocycles. The van der Waals surface area contributed by atoms with Gasteiger partial charge in [0.15, 0.2) is 9.84 Å². The SMILES string of the molecule is CN(C(=O)C(=O)Nc1ccc(N2CCCCC2)cc1)C1CCS(=O)(=O)C1. The Hall–Kier alpha value is -2.09. The number of carbonyl (C=O) groups is 2. The maximum Gasteiger partial charge on any atom is 0.313 e. The Labute approximate surface area is 154 Å². The van der Waals surface area contributed by atoms with E-state index in [-0.39, 0.29) is 11.5 Å². The Balaban J connectivity index is 1.57. The van der Waals surface area contributed by atoms with Crippen LogP contribution >= 0.6 is 0 Å². The molecule has 142 valence electrons. The van der Waals surface area contributed by atoms with E-state index in [1.807, 2.05) is 12.1 Å². The van der Waals surface area contributed by atoms with E-state index in [9.17, 15) is 18.0 Å². The van der Waals surface area contributed by atoms with Gasteiger partial charge in [-0.15, -0.1) is 0 Å². The summed E-state index contributed by atoms with van der Waals surface area (Å²) in [6.45, 7) is 2.08. The number of carbonyl (C=O) groups excluding carboxylic acids is 2. The fourth-order valence-corrected chi connectivity index (χ4v) is 5.27. The largest absolute Gasteiger partial charge is 0.372 e. The van der Waals surface area contributed by atoms with E-state index >= 15 is 0 Å². The minimum atomic E-state index is -3.10. The number of hydrogen-bond donors (Lipinski definition) is 1. The Kier molecular flexibility index (Phi) is 5.50. The predicted octanol–water partition coefficient (Wildman–Crippen LogP) is 1.26. The second-order valence-electron chi connectivity index (χ2n) is 7.02. The fourth-order valence-electron chi connectivity index (χ4n) is 3.50. The maximum absolute atomic E-state index is 12.3. The first-order chi connectivity index (χ1) is 12.4. The minimum Gasteiger partial charge on any atom is -0.372 e. The van der Waals surface area contributed by atoms with Gasteiger partial charge in [0.25, 0.3) is 0 Å². The van der Waals surface area contributed by atoms with Gasteiger partial charge in [0.05, 0.1) is 11.5 Å². The van der Waals surface area contributed by atoms with Gasteiger partial charge in [-0.3, -0.25) is 9.59 Å². The average Bonchev–Trinajstić information content (AvgIpc) is 3.01. The first-order valence-electron chi connectivity index (χ1n) is 8.99. The van der Waals surface area contributed by atoms with Crippen molar-refractivity contribution in [2.75, 3.05) is 41.9 Å². The highest BCUT2D eigenvalue weighted by Crippen LogP contribution is 2.22. The summed E-state index contributed by atoms with van der Waals surface area (Å²) in [5.74, 6) is -1.48. The van der Waals surface area contributed by atoms with Crippen LogP contribution in [0.15, 0.2) is 24.3 Å². The van der Waals surface area contributed by atoms with Gasteiger partial charge in [0.2, 0.25) is 0 Å². The highest BCUT2D eigenvalue weighted by atomic mass is 32.2. The van der Waals surface area contributed by atoms with E-state index < -0.39 is 27.7 Å². The highest BCUT2D eigenvalue weighted by molar-refractivity contribution is 7.91. The molecule has 1 unspecified atom stereocenters. The normalized spacial score (nSPS) is 22.0. The summed E-state index contributed by atoms with van der Waals surface area (Å²) < 4.78 is 23.1. The van der Waals surface area contributed by atoms with Gasteiger partial charge >= 0.3 is 11.8 Å². The van der Waals surface area contributed by atoms with Gasteiger partial charge in [0.1, 0.15) is 0 Å². The molecule has 7 nitrogen and oxygen atoms in total. The van der Waals surface area contributed by atoms with E-state index in [1.54, 1.807) is 12.1 Å². The summed E-state index contributed by atoms with van der Waals surface area (Å²) in [5.41, 5.74) is 1.67. The molecular formula is C18H25N3O4S. The van der Waals surface area contributed by atoms with E-state index in [4.69, 9.17) is 0 Å². The number of benzene rings is 1. The second-order valence-corrected chi connectivity index (χ2v) is 9.25. The molecule has 1 aromatic carbocycles. The van der Waals surface area contributed by atoms with Gasteiger partial charge in [0, 0.05) is 37.6 Å². The Morgan fingerprint density at radius 1 is 1.12 bits per heavy atom. The standard InChI is InChI=1S/C18H25N3O4S/c1-20(16-9-12-26(24,25)13-16)18(23)17(22)19-14-5-7-15(8-6-14)21-10-3-2-4-11-21/h5-8,16H,2-4,9-13H2,1H3,(H,19,22). The molecule has 26 heavy (non-hydrogen) atoms. The number of piperidine rings is 1. The summed E-state index contributed by atoms with van der Waals surface area (Å²) in [7, 11) is -1.63. The van der Waals surface area contributed by atoms with Crippen LogP contribution in [0.3, 0.4) is 0 Å². The van der Waals surface area contributed by atoms with Crippen LogP contribution in [0.25, 0.3) is 0 Å². The minimum absolute atomic E-state index is 0.0644. The van der Waals surface area contributed by atoms with Gasteiger partial charge < -0.3 is 15.1 Å². The van der Waals surface area contributed by atoms with Crippen molar-refractivity contribution < 1.29 is 18.0 Å². The number of amides is 2. The molecule has 0 aliphatic carbocycles. The molecule has 2 aliphatic heterocycles. The summed E-state index contributed by atoms with van der Waals surface area (Å²) in [6.07, 6.45) is 4.03. The molecule has 2 saturated heterocycles. The molecule has 2 heterocycles. The van der Waals surface area contributed by atoms with E-state index in [0.29, 0.717) is 12.1 Å². The molecule has 0 spiro atoms. The number of rotatable bonds is 3. The van der Waals surface area contributed by atoms with Crippen molar-refractivity contribution in [2.24, 2.45) is 0 Å². The lowest BCUT2D eigenvalue weighted by Crippen LogP contribution is -2.43. The van der Waals surface area contributed by atoms with Crippen molar-refractivity contribution >= 4 is 33.0 Å². The maximum atomic E-state index is 12.3. The molecule has 3 rings (SSSR count). The Morgan fingerprint density at radius 3 is 2.35 bits per heavy atom. The topological polar surface area (TPSA) is 86.8 Å². The van der Waals surface area contributed by atoms with Crippen LogP contribution in [0.2, 0.25) is 0 Å². The van der Waals surface area contributed by atoms with Gasteiger partial charge in [-0.2, -0.15) is 0 Å². The van der Waals surface area contributed by atoms with Crippen molar-refractivity contribution in [3.8, 4) is 0 Å². The van der Waals surface area contributed by atoms with Crippen LogP contribution < -0.4 is 10.2 Å². The van der Waals surface area contributed by atoms with Gasteiger partial charge in [-0.1, -0.05) is 0 Å². The zero-order chi connectivity index (χ0) is 18.7. The molecule has 2 fully saturated rings. The van der Waals surface area contributed by atoms with Crippen LogP contribution in [0.4, 0.5) is 11.4 Å². The summed E-state index contributed by atoms with van der Waals surface area (Å²) in [5, 5.41) is 2.60. The van der Waals surface area contributed by atoms with E-state index in [2.05, 4.69) is 10.2 Å². The molecule has 2 amide bonds. The molecule has 2 aliphatic rings. The van der Waals surface area contributed by atoms with Gasteiger partial charge in [-0.25, -0.2) is 8.42 Å². The average molecular weight is 379 g/mol. The van der Waals surface area contributed by atoms with Crippen molar-refractivity contribution in [3.05, 3.63) is 24.3 Å². The van der Waals surface area contributed by atoms with Crippen molar-refractivity contribution in [1.82, 2.24) is 4.90 Å². The first kappa shape index (κ1) is 18.7. The summed E-state index contributed by atoms with van der Waals surface area (Å²) in [6, 6.07) is 7.03. The number of hydrogen-bond acceptors (Lipinski definition) is 5. The lowest BCUT2D eigenvalue weighted by molar-refractivity contribution is -0.143. The molecule has 0 saturated carbocycles. The van der Waals surface area contributed by atoms with E-state index in [1.165, 1.54) is 31.2 Å². The monoisotopic (exact) mass is 379 g/mol. The molecule has 1 N–H and O–H groups in total. The third-order valence-corrected chi connectivity index (χ3v) is 6.87. The van der Waals surface area contributed by atoms with Crippen LogP contribution in [0.1, 0.15) is 25.7 Å². The Bertz CT molecular complexity index is 770. The second kappa shape index (κ2) is 7.65. The third kappa shape index (κ3) is 4.35. The lowest BCUT2D eigenvalue weighted by Gasteiger charge is -2.28. The molecule has 0 radical (unpaired) electrons. The number of likely N-dealkylation sites (N-methyl/N-ethyl adjacent to an activating group) is 1. The fraction of sp³-hybridized carbons (Fsp3) is 0.556. The van der Waals surface area contributed by atoms with Crippen LogP contribution in [-0.2, 0) is 19.4 Å². The lowest BCUT2D eigenvalue weighted by atomic mass is 10.1. The molecule has 1 atom stereocenters. The van der Waals surface area contributed by atoms with Crippen molar-refractivity contribution in [2.45, 2.75) is 31.7 Å². The predicted molar refractivity (Wildman–Crippen MR) is 101 cm³/mol. The number of anilines is 2. The molecule has 8 heteroatoms. The van der Waals surface area contributed by atoms with Crippen LogP contribution in [0.5, 0.6) is 0 Å². The first-order valence-corrected chi connectivity index (χ1v) is 10.8. The molecule has 1 aromatic rings. The zero-order valence-electron chi connectivity index (χ0n) is 15.0. The number of sulfone groups is 1. The quantitative estimate of drug-likeness (QED) is 0.799.